The largest absolute Gasteiger partial charge is 0.478 e. The fraction of sp³-hybridized carbons (Fsp3) is 0.556. The van der Waals surface area contributed by atoms with Crippen LogP contribution >= 0.6 is 0 Å². The summed E-state index contributed by atoms with van der Waals surface area (Å²) in [4.78, 5) is 23.0. The first-order valence-corrected chi connectivity index (χ1v) is 8.60. The molecule has 26 heavy (non-hydrogen) atoms. The number of hydrogen-bond donors (Lipinski definition) is 3. The molecule has 3 fully saturated rings. The van der Waals surface area contributed by atoms with Crippen molar-refractivity contribution in [3.05, 3.63) is 35.4 Å². The Kier molecular flexibility index (Phi) is 4.62. The minimum Gasteiger partial charge on any atom is -0.478 e. The summed E-state index contributed by atoms with van der Waals surface area (Å²) in [5, 5.41) is 14.4. The average Bonchev–Trinajstić information content (AvgIpc) is 2.60. The molecule has 0 saturated heterocycles. The molecule has 142 valence electrons. The van der Waals surface area contributed by atoms with Crippen molar-refractivity contribution in [2.45, 2.75) is 56.8 Å². The maximum absolute atomic E-state index is 13.3. The molecule has 0 spiro atoms. The van der Waals surface area contributed by atoms with E-state index in [2.05, 4.69) is 10.6 Å². The summed E-state index contributed by atoms with van der Waals surface area (Å²) in [6, 6.07) is 5.72. The van der Waals surface area contributed by atoms with E-state index in [4.69, 9.17) is 5.11 Å². The molecule has 1 aromatic rings. The molecule has 3 N–H and O–H groups in total. The van der Waals surface area contributed by atoms with Crippen molar-refractivity contribution < 1.29 is 27.9 Å². The fourth-order valence-corrected chi connectivity index (χ4v) is 4.03. The highest BCUT2D eigenvalue weighted by molar-refractivity contribution is 5.87. The molecule has 4 rings (SSSR count). The Labute approximate surface area is 149 Å². The molecule has 1 aromatic carbocycles. The summed E-state index contributed by atoms with van der Waals surface area (Å²) in [5.41, 5.74) is -1.22. The van der Waals surface area contributed by atoms with Gasteiger partial charge in [0.1, 0.15) is 0 Å². The summed E-state index contributed by atoms with van der Waals surface area (Å²) in [7, 11) is 0. The first-order valence-electron chi connectivity index (χ1n) is 8.60. The number of halogens is 3. The molecule has 3 aliphatic carbocycles. The van der Waals surface area contributed by atoms with Gasteiger partial charge < -0.3 is 15.7 Å². The molecule has 0 radical (unpaired) electrons. The number of carboxylic acid groups (broad SMARTS) is 1. The van der Waals surface area contributed by atoms with Gasteiger partial charge in [0, 0.05) is 12.1 Å². The van der Waals surface area contributed by atoms with Crippen LogP contribution in [0.25, 0.3) is 0 Å². The van der Waals surface area contributed by atoms with Crippen LogP contribution in [-0.4, -0.2) is 28.8 Å². The van der Waals surface area contributed by atoms with E-state index >= 15 is 0 Å². The van der Waals surface area contributed by atoms with Crippen molar-refractivity contribution in [1.82, 2.24) is 10.6 Å². The fourth-order valence-electron chi connectivity index (χ4n) is 4.03. The lowest BCUT2D eigenvalue weighted by Crippen LogP contribution is -2.61. The van der Waals surface area contributed by atoms with Crippen molar-refractivity contribution in [3.63, 3.8) is 0 Å². The van der Waals surface area contributed by atoms with E-state index in [1.54, 1.807) is 12.1 Å². The van der Waals surface area contributed by atoms with E-state index in [0.717, 1.165) is 5.56 Å². The molecule has 3 aliphatic rings. The molecule has 2 bridgehead atoms. The van der Waals surface area contributed by atoms with Gasteiger partial charge >= 0.3 is 18.2 Å². The van der Waals surface area contributed by atoms with Crippen molar-refractivity contribution in [2.24, 2.45) is 5.41 Å². The Morgan fingerprint density at radius 1 is 1.00 bits per heavy atom. The second-order valence-corrected chi connectivity index (χ2v) is 7.37. The highest BCUT2D eigenvalue weighted by Crippen LogP contribution is 2.59. The van der Waals surface area contributed by atoms with Crippen LogP contribution in [0.3, 0.4) is 0 Å². The van der Waals surface area contributed by atoms with Gasteiger partial charge in [-0.05, 0) is 56.2 Å². The van der Waals surface area contributed by atoms with E-state index in [-0.39, 0.29) is 31.4 Å². The number of benzene rings is 1. The third-order valence-electron chi connectivity index (χ3n) is 5.88. The van der Waals surface area contributed by atoms with Crippen molar-refractivity contribution in [3.8, 4) is 0 Å². The summed E-state index contributed by atoms with van der Waals surface area (Å²) in [6.07, 6.45) is -2.97. The standard InChI is InChI=1S/C18H21F3N2O3/c19-18(20,21)16-5-8-17(9-6-16,10-7-16)23-15(26)22-11-12-1-3-13(4-2-12)14(24)25/h1-4H,5-11H2,(H,24,25)(H2,22,23,26). The minimum atomic E-state index is -4.18. The lowest BCUT2D eigenvalue weighted by molar-refractivity contribution is -0.253. The van der Waals surface area contributed by atoms with Crippen LogP contribution in [-0.2, 0) is 6.54 Å². The zero-order valence-corrected chi connectivity index (χ0v) is 14.2. The van der Waals surface area contributed by atoms with Crippen molar-refractivity contribution in [1.29, 1.82) is 0 Å². The number of carbonyl (C=O) groups excluding carboxylic acids is 1. The van der Waals surface area contributed by atoms with E-state index in [0.29, 0.717) is 19.3 Å². The SMILES string of the molecule is O=C(NCc1ccc(C(=O)O)cc1)NC12CCC(C(F)(F)F)(CC1)CC2. The molecule has 2 amide bonds. The van der Waals surface area contributed by atoms with Crippen molar-refractivity contribution in [2.75, 3.05) is 0 Å². The quantitative estimate of drug-likeness (QED) is 0.754. The van der Waals surface area contributed by atoms with Gasteiger partial charge in [0.2, 0.25) is 0 Å². The number of alkyl halides is 3. The zero-order chi connectivity index (χ0) is 19.0. The Morgan fingerprint density at radius 3 is 2.00 bits per heavy atom. The number of nitrogens with one attached hydrogen (secondary N) is 2. The summed E-state index contributed by atoms with van der Waals surface area (Å²) < 4.78 is 39.8. The normalized spacial score (nSPS) is 27.8. The monoisotopic (exact) mass is 370 g/mol. The molecule has 0 heterocycles. The summed E-state index contributed by atoms with van der Waals surface area (Å²) in [6.45, 7) is 0.217. The number of fused-ring (bicyclic) bond motifs is 3. The number of aromatic carboxylic acids is 1. The van der Waals surface area contributed by atoms with Gasteiger partial charge in [-0.2, -0.15) is 13.2 Å². The van der Waals surface area contributed by atoms with Gasteiger partial charge in [0.25, 0.3) is 0 Å². The summed E-state index contributed by atoms with van der Waals surface area (Å²) in [5.74, 6) is -1.02. The van der Waals surface area contributed by atoms with Crippen LogP contribution in [0.4, 0.5) is 18.0 Å². The minimum absolute atomic E-state index is 0.0629. The number of amides is 2. The van der Waals surface area contributed by atoms with Gasteiger partial charge in [-0.15, -0.1) is 0 Å². The number of rotatable bonds is 4. The first kappa shape index (κ1) is 18.5. The molecular formula is C18H21F3N2O3. The van der Waals surface area contributed by atoms with E-state index < -0.39 is 29.1 Å². The van der Waals surface area contributed by atoms with Gasteiger partial charge in [-0.25, -0.2) is 9.59 Å². The highest BCUT2D eigenvalue weighted by Gasteiger charge is 2.61. The van der Waals surface area contributed by atoms with Crippen LogP contribution in [0.15, 0.2) is 24.3 Å². The van der Waals surface area contributed by atoms with Crippen LogP contribution < -0.4 is 10.6 Å². The highest BCUT2D eigenvalue weighted by atomic mass is 19.4. The third-order valence-corrected chi connectivity index (χ3v) is 5.88. The van der Waals surface area contributed by atoms with E-state index in [9.17, 15) is 22.8 Å². The average molecular weight is 370 g/mol. The maximum atomic E-state index is 13.3. The zero-order valence-electron chi connectivity index (χ0n) is 14.2. The van der Waals surface area contributed by atoms with E-state index in [1.165, 1.54) is 12.1 Å². The second kappa shape index (κ2) is 6.48. The Hall–Kier alpha value is -2.25. The maximum Gasteiger partial charge on any atom is 0.394 e. The van der Waals surface area contributed by atoms with Gasteiger partial charge in [0.15, 0.2) is 0 Å². The predicted octanol–water partition coefficient (Wildman–Crippen LogP) is 3.84. The predicted molar refractivity (Wildman–Crippen MR) is 87.7 cm³/mol. The van der Waals surface area contributed by atoms with Crippen molar-refractivity contribution >= 4 is 12.0 Å². The second-order valence-electron chi connectivity index (χ2n) is 7.37. The number of hydrogen-bond acceptors (Lipinski definition) is 2. The van der Waals surface area contributed by atoms with Crippen LogP contribution in [0.1, 0.15) is 54.4 Å². The lowest BCUT2D eigenvalue weighted by atomic mass is 9.57. The molecule has 8 heteroatoms. The molecule has 0 atom stereocenters. The first-order chi connectivity index (χ1) is 12.1. The Balaban J connectivity index is 1.52. The molecule has 0 aromatic heterocycles. The molecule has 0 unspecified atom stereocenters. The van der Waals surface area contributed by atoms with Crippen LogP contribution in [0.5, 0.6) is 0 Å². The lowest BCUT2D eigenvalue weighted by Gasteiger charge is -2.53. The molecule has 5 nitrogen and oxygen atoms in total. The number of carbonyl (C=O) groups is 2. The van der Waals surface area contributed by atoms with Gasteiger partial charge in [-0.3, -0.25) is 0 Å². The number of carboxylic acids is 1. The summed E-state index contributed by atoms with van der Waals surface area (Å²) >= 11 is 0. The molecular weight excluding hydrogens is 349 g/mol. The topological polar surface area (TPSA) is 78.4 Å². The number of urea groups is 1. The Bertz CT molecular complexity index is 676. The molecule has 3 saturated carbocycles. The van der Waals surface area contributed by atoms with Crippen LogP contribution in [0.2, 0.25) is 0 Å². The van der Waals surface area contributed by atoms with Gasteiger partial charge in [0.05, 0.1) is 11.0 Å². The van der Waals surface area contributed by atoms with Gasteiger partial charge in [-0.1, -0.05) is 12.1 Å². The smallest absolute Gasteiger partial charge is 0.394 e. The van der Waals surface area contributed by atoms with Crippen LogP contribution in [0, 0.1) is 5.41 Å². The third kappa shape index (κ3) is 3.50. The Morgan fingerprint density at radius 2 is 1.54 bits per heavy atom. The van der Waals surface area contributed by atoms with E-state index in [1.807, 2.05) is 0 Å². The molecule has 0 aliphatic heterocycles.